The van der Waals surface area contributed by atoms with Crippen LogP contribution in [0.1, 0.15) is 45.4 Å². The molecule has 3 heterocycles. The number of amides is 2. The number of piperidine rings is 2. The van der Waals surface area contributed by atoms with E-state index in [9.17, 15) is 9.59 Å². The second-order valence-electron chi connectivity index (χ2n) is 8.37. The molecule has 6 nitrogen and oxygen atoms in total. The van der Waals surface area contributed by atoms with Gasteiger partial charge in [-0.15, -0.1) is 12.4 Å². The van der Waals surface area contributed by atoms with Crippen molar-refractivity contribution in [2.24, 2.45) is 17.8 Å². The van der Waals surface area contributed by atoms with Crippen LogP contribution in [0.5, 0.6) is 0 Å². The molecule has 4 rings (SSSR count). The van der Waals surface area contributed by atoms with Gasteiger partial charge in [0, 0.05) is 38.4 Å². The number of fused-ring (bicyclic) bond motifs is 1. The Morgan fingerprint density at radius 2 is 1.88 bits per heavy atom. The first kappa shape index (κ1) is 19.7. The molecule has 0 bridgehead atoms. The minimum Gasteiger partial charge on any atom is -0.441 e. The van der Waals surface area contributed by atoms with Crippen LogP contribution >= 0.6 is 12.4 Å². The molecule has 3 aliphatic heterocycles. The lowest BCUT2D eigenvalue weighted by Crippen LogP contribution is -2.49. The molecule has 3 atom stereocenters. The van der Waals surface area contributed by atoms with Crippen LogP contribution in [0.15, 0.2) is 0 Å². The number of hydrogen-bond donors (Lipinski definition) is 1. The highest BCUT2D eigenvalue weighted by molar-refractivity contribution is 5.85. The zero-order valence-electron chi connectivity index (χ0n) is 15.7. The molecule has 1 unspecified atom stereocenters. The maximum Gasteiger partial charge on any atom is 0.410 e. The second-order valence-corrected chi connectivity index (χ2v) is 8.37. The molecule has 1 saturated carbocycles. The summed E-state index contributed by atoms with van der Waals surface area (Å²) < 4.78 is 5.78. The summed E-state index contributed by atoms with van der Waals surface area (Å²) in [5, 5.41) is 3.35. The first-order valence-corrected chi connectivity index (χ1v) is 10.1. The molecule has 0 aromatic heterocycles. The van der Waals surface area contributed by atoms with Crippen molar-refractivity contribution in [3.05, 3.63) is 0 Å². The number of unbranched alkanes of at least 4 members (excludes halogenated alkanes) is 3. The largest absolute Gasteiger partial charge is 0.441 e. The lowest BCUT2D eigenvalue weighted by molar-refractivity contribution is -0.136. The number of rotatable bonds is 6. The summed E-state index contributed by atoms with van der Waals surface area (Å²) in [6, 6.07) is 0. The van der Waals surface area contributed by atoms with E-state index in [2.05, 4.69) is 12.2 Å². The molecule has 4 fully saturated rings. The number of nitrogens with one attached hydrogen (secondary N) is 1. The Hall–Kier alpha value is -1.01. The van der Waals surface area contributed by atoms with Crippen LogP contribution in [0.4, 0.5) is 4.79 Å². The van der Waals surface area contributed by atoms with Crippen LogP contribution in [-0.2, 0) is 9.53 Å². The third kappa shape index (κ3) is 3.68. The topological polar surface area (TPSA) is 61.9 Å². The molecule has 0 aromatic carbocycles. The first-order chi connectivity index (χ1) is 12.1. The fraction of sp³-hybridized carbons (Fsp3) is 0.895. The van der Waals surface area contributed by atoms with Gasteiger partial charge in [0.1, 0.15) is 5.60 Å². The van der Waals surface area contributed by atoms with Gasteiger partial charge in [0.25, 0.3) is 0 Å². The zero-order valence-corrected chi connectivity index (χ0v) is 16.6. The minimum atomic E-state index is -0.348. The summed E-state index contributed by atoms with van der Waals surface area (Å²) in [7, 11) is 0. The molecule has 1 aliphatic carbocycles. The van der Waals surface area contributed by atoms with Crippen LogP contribution in [0, 0.1) is 17.8 Å². The average Bonchev–Trinajstić information content (AvgIpc) is 2.93. The van der Waals surface area contributed by atoms with Crippen LogP contribution in [0.25, 0.3) is 0 Å². The highest BCUT2D eigenvalue weighted by atomic mass is 35.5. The lowest BCUT2D eigenvalue weighted by atomic mass is 9.91. The number of nitrogens with zero attached hydrogens (tertiary/aromatic N) is 2. The maximum absolute atomic E-state index is 12.7. The number of likely N-dealkylation sites (tertiary alicyclic amines) is 1. The third-order valence-electron chi connectivity index (χ3n) is 6.69. The van der Waals surface area contributed by atoms with Crippen LogP contribution < -0.4 is 5.32 Å². The summed E-state index contributed by atoms with van der Waals surface area (Å²) in [6.07, 6.45) is 6.09. The Balaban J connectivity index is 0.00000196. The summed E-state index contributed by atoms with van der Waals surface area (Å²) in [6.45, 7) is 7.19. The van der Waals surface area contributed by atoms with Gasteiger partial charge >= 0.3 is 6.09 Å². The normalized spacial score (nSPS) is 31.6. The smallest absolute Gasteiger partial charge is 0.410 e. The van der Waals surface area contributed by atoms with Gasteiger partial charge in [-0.1, -0.05) is 26.2 Å². The van der Waals surface area contributed by atoms with Gasteiger partial charge in [-0.05, 0) is 31.3 Å². The fourth-order valence-corrected chi connectivity index (χ4v) is 4.98. The van der Waals surface area contributed by atoms with E-state index in [-0.39, 0.29) is 30.0 Å². The van der Waals surface area contributed by atoms with Crippen molar-refractivity contribution in [1.82, 2.24) is 15.1 Å². The lowest BCUT2D eigenvalue weighted by Gasteiger charge is -2.37. The number of ether oxygens (including phenoxy) is 1. The Labute approximate surface area is 162 Å². The van der Waals surface area contributed by atoms with Crippen molar-refractivity contribution in [1.29, 1.82) is 0 Å². The predicted octanol–water partition coefficient (Wildman–Crippen LogP) is 2.27. The summed E-state index contributed by atoms with van der Waals surface area (Å²) in [5.74, 6) is 1.75. The van der Waals surface area contributed by atoms with E-state index in [1.54, 1.807) is 0 Å². The standard InChI is InChI=1S/C19H31N3O3.ClH/c1-2-3-4-5-8-22-13-19(25-18(22)24)6-9-21(10-7-19)17(23)16-14-11-20-12-15(14)16;/h14-16,20H,2-13H2,1H3;1H/t14-,15+,16?;. The highest BCUT2D eigenvalue weighted by Crippen LogP contribution is 2.50. The van der Waals surface area contributed by atoms with Gasteiger partial charge in [0.2, 0.25) is 5.91 Å². The van der Waals surface area contributed by atoms with E-state index < -0.39 is 0 Å². The summed E-state index contributed by atoms with van der Waals surface area (Å²) in [5.41, 5.74) is -0.348. The monoisotopic (exact) mass is 385 g/mol. The Morgan fingerprint density at radius 1 is 1.19 bits per heavy atom. The van der Waals surface area contributed by atoms with E-state index in [0.717, 1.165) is 52.0 Å². The number of carbonyl (C=O) groups excluding carboxylic acids is 2. The molecule has 26 heavy (non-hydrogen) atoms. The van der Waals surface area contributed by atoms with Crippen molar-refractivity contribution in [3.8, 4) is 0 Å². The van der Waals surface area contributed by atoms with Gasteiger partial charge in [-0.3, -0.25) is 4.79 Å². The first-order valence-electron chi connectivity index (χ1n) is 10.1. The number of hydrogen-bond acceptors (Lipinski definition) is 4. The second kappa shape index (κ2) is 7.93. The molecule has 1 spiro atoms. The summed E-state index contributed by atoms with van der Waals surface area (Å²) >= 11 is 0. The summed E-state index contributed by atoms with van der Waals surface area (Å²) in [4.78, 5) is 28.8. The van der Waals surface area contributed by atoms with Crippen LogP contribution in [0.2, 0.25) is 0 Å². The molecule has 0 radical (unpaired) electrons. The van der Waals surface area contributed by atoms with Crippen molar-refractivity contribution >= 4 is 24.4 Å². The Bertz CT molecular complexity index is 526. The average molecular weight is 386 g/mol. The molecular formula is C19H32ClN3O3. The van der Waals surface area contributed by atoms with Crippen molar-refractivity contribution in [2.75, 3.05) is 39.3 Å². The van der Waals surface area contributed by atoms with Crippen LogP contribution in [0.3, 0.4) is 0 Å². The molecule has 1 N–H and O–H groups in total. The van der Waals surface area contributed by atoms with Gasteiger partial charge in [0.15, 0.2) is 0 Å². The number of carbonyl (C=O) groups is 2. The zero-order chi connectivity index (χ0) is 17.4. The quantitative estimate of drug-likeness (QED) is 0.712. The Kier molecular flexibility index (Phi) is 6.02. The van der Waals surface area contributed by atoms with Crippen molar-refractivity contribution in [3.63, 3.8) is 0 Å². The fourth-order valence-electron chi connectivity index (χ4n) is 4.98. The molecule has 0 aromatic rings. The van der Waals surface area contributed by atoms with Crippen molar-refractivity contribution in [2.45, 2.75) is 51.0 Å². The molecule has 7 heteroatoms. The van der Waals surface area contributed by atoms with Crippen LogP contribution in [-0.4, -0.2) is 66.7 Å². The van der Waals surface area contributed by atoms with Crippen molar-refractivity contribution < 1.29 is 14.3 Å². The van der Waals surface area contributed by atoms with E-state index in [4.69, 9.17) is 4.74 Å². The van der Waals surface area contributed by atoms with Gasteiger partial charge in [-0.25, -0.2) is 4.79 Å². The number of halogens is 1. The third-order valence-corrected chi connectivity index (χ3v) is 6.69. The minimum absolute atomic E-state index is 0. The van der Waals surface area contributed by atoms with Gasteiger partial charge in [-0.2, -0.15) is 0 Å². The highest BCUT2D eigenvalue weighted by Gasteiger charge is 2.58. The van der Waals surface area contributed by atoms with Gasteiger partial charge in [0.05, 0.1) is 6.54 Å². The maximum atomic E-state index is 12.7. The molecule has 148 valence electrons. The predicted molar refractivity (Wildman–Crippen MR) is 101 cm³/mol. The molecule has 4 aliphatic rings. The Morgan fingerprint density at radius 3 is 2.54 bits per heavy atom. The molecule has 3 saturated heterocycles. The molecule has 2 amide bonds. The van der Waals surface area contributed by atoms with E-state index in [1.165, 1.54) is 19.3 Å². The SMILES string of the molecule is CCCCCCN1CC2(CCN(C(=O)C3[C@H]4CNC[C@@H]34)CC2)OC1=O.Cl. The van der Waals surface area contributed by atoms with Gasteiger partial charge < -0.3 is 19.9 Å². The van der Waals surface area contributed by atoms with E-state index in [0.29, 0.717) is 24.3 Å². The van der Waals surface area contributed by atoms with E-state index in [1.807, 2.05) is 9.80 Å². The van der Waals surface area contributed by atoms with E-state index >= 15 is 0 Å². The molecular weight excluding hydrogens is 354 g/mol.